The van der Waals surface area contributed by atoms with Crippen molar-refractivity contribution in [1.29, 1.82) is 0 Å². The van der Waals surface area contributed by atoms with Gasteiger partial charge < -0.3 is 15.0 Å². The fourth-order valence-corrected chi connectivity index (χ4v) is 2.29. The highest BCUT2D eigenvalue weighted by Crippen LogP contribution is 2.37. The van der Waals surface area contributed by atoms with Gasteiger partial charge in [-0.15, -0.1) is 0 Å². The predicted octanol–water partition coefficient (Wildman–Crippen LogP) is 3.48. The monoisotopic (exact) mass is 411 g/mol. The minimum atomic E-state index is -4.93. The van der Waals surface area contributed by atoms with Gasteiger partial charge in [0, 0.05) is 31.9 Å². The van der Waals surface area contributed by atoms with E-state index in [9.17, 15) is 32.9 Å². The molecule has 0 unspecified atom stereocenters. The number of nitro benzene ring substituents is 1. The van der Waals surface area contributed by atoms with Crippen LogP contribution in [0.1, 0.15) is 15.9 Å². The molecule has 0 aliphatic rings. The molecule has 29 heavy (non-hydrogen) atoms. The highest BCUT2D eigenvalue weighted by molar-refractivity contribution is 5.96. The maximum Gasteiger partial charge on any atom is 0.418 e. The number of benzene rings is 2. The molecule has 8 nitrogen and oxygen atoms in total. The number of nitrogens with zero attached hydrogens (tertiary/aromatic N) is 2. The van der Waals surface area contributed by atoms with E-state index in [4.69, 9.17) is 4.74 Å². The zero-order valence-corrected chi connectivity index (χ0v) is 15.3. The first-order valence-corrected chi connectivity index (χ1v) is 8.09. The highest BCUT2D eigenvalue weighted by Gasteiger charge is 2.35. The first-order valence-electron chi connectivity index (χ1n) is 8.09. The van der Waals surface area contributed by atoms with Gasteiger partial charge in [-0.2, -0.15) is 13.2 Å². The number of carbonyl (C=O) groups excluding carboxylic acids is 2. The summed E-state index contributed by atoms with van der Waals surface area (Å²) in [5.41, 5.74) is -1.85. The fraction of sp³-hybridized carbons (Fsp3) is 0.222. The van der Waals surface area contributed by atoms with Crippen LogP contribution < -0.4 is 10.2 Å². The van der Waals surface area contributed by atoms with Gasteiger partial charge in [-0.05, 0) is 30.3 Å². The van der Waals surface area contributed by atoms with Crippen molar-refractivity contribution < 1.29 is 32.4 Å². The molecule has 0 saturated carbocycles. The topological polar surface area (TPSA) is 102 Å². The highest BCUT2D eigenvalue weighted by atomic mass is 19.4. The van der Waals surface area contributed by atoms with Crippen LogP contribution in [0.25, 0.3) is 0 Å². The van der Waals surface area contributed by atoms with Crippen LogP contribution >= 0.6 is 0 Å². The Hall–Kier alpha value is -3.63. The molecule has 0 bridgehead atoms. The Labute approximate surface area is 163 Å². The maximum absolute atomic E-state index is 13.1. The summed E-state index contributed by atoms with van der Waals surface area (Å²) in [4.78, 5) is 35.4. The molecular weight excluding hydrogens is 395 g/mol. The number of anilines is 2. The molecule has 0 saturated heterocycles. The Bertz CT molecular complexity index is 927. The van der Waals surface area contributed by atoms with Crippen LogP contribution in [0.5, 0.6) is 0 Å². The summed E-state index contributed by atoms with van der Waals surface area (Å²) in [5, 5.41) is 12.6. The number of carbonyl (C=O) groups is 2. The second-order valence-electron chi connectivity index (χ2n) is 6.05. The molecule has 1 amide bonds. The van der Waals surface area contributed by atoms with E-state index in [0.717, 1.165) is 17.8 Å². The van der Waals surface area contributed by atoms with Crippen LogP contribution in [0.3, 0.4) is 0 Å². The average molecular weight is 411 g/mol. The quantitative estimate of drug-likeness (QED) is 0.444. The van der Waals surface area contributed by atoms with E-state index in [-0.39, 0.29) is 5.56 Å². The summed E-state index contributed by atoms with van der Waals surface area (Å²) < 4.78 is 44.1. The van der Waals surface area contributed by atoms with Crippen molar-refractivity contribution in [3.05, 3.63) is 63.7 Å². The third-order valence-corrected chi connectivity index (χ3v) is 3.75. The maximum atomic E-state index is 13.1. The lowest BCUT2D eigenvalue weighted by Crippen LogP contribution is -2.23. The number of non-ortho nitro benzene ring substituents is 1. The number of esters is 1. The van der Waals surface area contributed by atoms with Gasteiger partial charge in [0.1, 0.15) is 0 Å². The smallest absolute Gasteiger partial charge is 0.418 e. The number of hydrogen-bond acceptors (Lipinski definition) is 6. The average Bonchev–Trinajstić information content (AvgIpc) is 2.65. The van der Waals surface area contributed by atoms with Crippen molar-refractivity contribution in [2.45, 2.75) is 6.18 Å². The number of hydrogen-bond donors (Lipinski definition) is 1. The van der Waals surface area contributed by atoms with Gasteiger partial charge in [0.05, 0.1) is 21.7 Å². The number of halogens is 3. The Morgan fingerprint density at radius 3 is 2.28 bits per heavy atom. The lowest BCUT2D eigenvalue weighted by atomic mass is 10.1. The number of nitrogens with one attached hydrogen (secondary N) is 1. The van der Waals surface area contributed by atoms with Crippen LogP contribution in [-0.4, -0.2) is 37.5 Å². The molecule has 0 aliphatic heterocycles. The van der Waals surface area contributed by atoms with Crippen molar-refractivity contribution in [3.63, 3.8) is 0 Å². The molecule has 1 N–H and O–H groups in total. The van der Waals surface area contributed by atoms with Gasteiger partial charge in [0.15, 0.2) is 6.61 Å². The molecule has 0 fully saturated rings. The minimum absolute atomic E-state index is 0.162. The summed E-state index contributed by atoms with van der Waals surface area (Å²) in [6.45, 7) is -0.831. The summed E-state index contributed by atoms with van der Waals surface area (Å²) in [6.07, 6.45) is -4.93. The number of nitro groups is 1. The Balaban J connectivity index is 2.05. The van der Waals surface area contributed by atoms with E-state index in [0.29, 0.717) is 6.07 Å². The van der Waals surface area contributed by atoms with E-state index in [1.807, 2.05) is 24.3 Å². The minimum Gasteiger partial charge on any atom is -0.452 e. The summed E-state index contributed by atoms with van der Waals surface area (Å²) in [7, 11) is 3.62. The second-order valence-corrected chi connectivity index (χ2v) is 6.05. The Morgan fingerprint density at radius 2 is 1.76 bits per heavy atom. The van der Waals surface area contributed by atoms with Crippen molar-refractivity contribution >= 4 is 28.9 Å². The van der Waals surface area contributed by atoms with Crippen LogP contribution in [0, 0.1) is 10.1 Å². The zero-order valence-electron chi connectivity index (χ0n) is 15.3. The number of ether oxygens (including phenoxy) is 1. The van der Waals surface area contributed by atoms with Crippen LogP contribution in [0.4, 0.5) is 30.2 Å². The van der Waals surface area contributed by atoms with Crippen LogP contribution in [-0.2, 0) is 15.7 Å². The second kappa shape index (κ2) is 8.59. The van der Waals surface area contributed by atoms with Gasteiger partial charge >= 0.3 is 12.1 Å². The van der Waals surface area contributed by atoms with Crippen molar-refractivity contribution in [1.82, 2.24) is 0 Å². The molecule has 0 heterocycles. The lowest BCUT2D eigenvalue weighted by molar-refractivity contribution is -0.385. The summed E-state index contributed by atoms with van der Waals surface area (Å²) >= 11 is 0. The molecule has 0 spiro atoms. The van der Waals surface area contributed by atoms with Crippen LogP contribution in [0.15, 0.2) is 42.5 Å². The zero-order chi connectivity index (χ0) is 21.8. The Morgan fingerprint density at radius 1 is 1.14 bits per heavy atom. The predicted molar refractivity (Wildman–Crippen MR) is 97.8 cm³/mol. The SMILES string of the molecule is CN(C)c1ccc(C(=O)OCC(=O)Nc2ccc([N+](=O)[O-])cc2C(F)(F)F)cc1. The molecule has 11 heteroatoms. The molecule has 0 radical (unpaired) electrons. The molecule has 0 aromatic heterocycles. The van der Waals surface area contributed by atoms with E-state index in [2.05, 4.69) is 0 Å². The number of rotatable bonds is 6. The fourth-order valence-electron chi connectivity index (χ4n) is 2.29. The molecule has 2 rings (SSSR count). The van der Waals surface area contributed by atoms with E-state index in [1.54, 1.807) is 12.1 Å². The van der Waals surface area contributed by atoms with Crippen molar-refractivity contribution in [2.75, 3.05) is 30.9 Å². The first kappa shape index (κ1) is 21.7. The largest absolute Gasteiger partial charge is 0.452 e. The van der Waals surface area contributed by atoms with Gasteiger partial charge in [-0.1, -0.05) is 0 Å². The van der Waals surface area contributed by atoms with Gasteiger partial charge in [-0.25, -0.2) is 4.79 Å². The third-order valence-electron chi connectivity index (χ3n) is 3.75. The summed E-state index contributed by atoms with van der Waals surface area (Å²) in [5.74, 6) is -1.85. The molecular formula is C18H16F3N3O5. The van der Waals surface area contributed by atoms with E-state index in [1.165, 1.54) is 12.1 Å². The van der Waals surface area contributed by atoms with E-state index >= 15 is 0 Å². The standard InChI is InChI=1S/C18H16F3N3O5/c1-23(2)12-5-3-11(4-6-12)17(26)29-10-16(25)22-15-8-7-13(24(27)28)9-14(15)18(19,20)21/h3-9H,10H2,1-2H3,(H,22,25). The third kappa shape index (κ3) is 5.67. The Kier molecular flexibility index (Phi) is 6.42. The molecule has 0 aliphatic carbocycles. The van der Waals surface area contributed by atoms with Gasteiger partial charge in [0.25, 0.3) is 11.6 Å². The van der Waals surface area contributed by atoms with Crippen molar-refractivity contribution in [2.24, 2.45) is 0 Å². The molecule has 2 aromatic rings. The number of alkyl halides is 3. The molecule has 2 aromatic carbocycles. The van der Waals surface area contributed by atoms with Crippen molar-refractivity contribution in [3.8, 4) is 0 Å². The lowest BCUT2D eigenvalue weighted by Gasteiger charge is -2.14. The summed E-state index contributed by atoms with van der Waals surface area (Å²) in [6, 6.07) is 8.17. The first-order chi connectivity index (χ1) is 13.5. The van der Waals surface area contributed by atoms with Crippen LogP contribution in [0.2, 0.25) is 0 Å². The molecule has 154 valence electrons. The van der Waals surface area contributed by atoms with Gasteiger partial charge in [-0.3, -0.25) is 14.9 Å². The van der Waals surface area contributed by atoms with E-state index < -0.39 is 46.5 Å². The molecule has 0 atom stereocenters. The van der Waals surface area contributed by atoms with Gasteiger partial charge in [0.2, 0.25) is 0 Å². The number of amides is 1. The normalized spacial score (nSPS) is 10.9.